The largest absolute Gasteiger partial charge is 0.302 e. The standard InChI is InChI=1S/C17H16N4O2S/c1-13-18-19-17(20(13)11-14-7-3-2-4-8-14)24-12-15-9-5-6-10-16(15)21(22)23/h2-10H,11-12H2,1H3. The van der Waals surface area contributed by atoms with Crippen LogP contribution in [0, 0.1) is 17.0 Å². The Bertz CT molecular complexity index is 849. The van der Waals surface area contributed by atoms with Gasteiger partial charge in [0.05, 0.1) is 11.5 Å². The number of benzene rings is 2. The zero-order chi connectivity index (χ0) is 16.9. The molecule has 7 heteroatoms. The number of hydrogen-bond acceptors (Lipinski definition) is 5. The molecular weight excluding hydrogens is 324 g/mol. The van der Waals surface area contributed by atoms with E-state index in [0.29, 0.717) is 17.9 Å². The lowest BCUT2D eigenvalue weighted by Crippen LogP contribution is -2.04. The smallest absolute Gasteiger partial charge is 0.273 e. The van der Waals surface area contributed by atoms with E-state index in [2.05, 4.69) is 22.3 Å². The van der Waals surface area contributed by atoms with Crippen LogP contribution in [0.4, 0.5) is 5.69 Å². The summed E-state index contributed by atoms with van der Waals surface area (Å²) in [6.45, 7) is 2.59. The molecule has 0 amide bonds. The topological polar surface area (TPSA) is 73.8 Å². The van der Waals surface area contributed by atoms with Crippen molar-refractivity contribution in [1.29, 1.82) is 0 Å². The first-order chi connectivity index (χ1) is 11.6. The van der Waals surface area contributed by atoms with Gasteiger partial charge < -0.3 is 4.57 Å². The molecule has 122 valence electrons. The number of thioether (sulfide) groups is 1. The Labute approximate surface area is 143 Å². The molecule has 0 unspecified atom stereocenters. The lowest BCUT2D eigenvalue weighted by molar-refractivity contribution is -0.385. The third kappa shape index (κ3) is 3.62. The number of hydrogen-bond donors (Lipinski definition) is 0. The van der Waals surface area contributed by atoms with Gasteiger partial charge in [0.25, 0.3) is 5.69 Å². The number of aromatic nitrogens is 3. The fraction of sp³-hybridized carbons (Fsp3) is 0.176. The maximum atomic E-state index is 11.1. The SMILES string of the molecule is Cc1nnc(SCc2ccccc2[N+](=O)[O-])n1Cc1ccccc1. The molecule has 0 radical (unpaired) electrons. The van der Waals surface area contributed by atoms with Gasteiger partial charge in [-0.15, -0.1) is 10.2 Å². The van der Waals surface area contributed by atoms with Crippen LogP contribution in [-0.2, 0) is 12.3 Å². The molecule has 0 spiro atoms. The lowest BCUT2D eigenvalue weighted by atomic mass is 10.2. The molecule has 0 saturated carbocycles. The first-order valence-electron chi connectivity index (χ1n) is 7.44. The van der Waals surface area contributed by atoms with Gasteiger partial charge in [-0.3, -0.25) is 10.1 Å². The highest BCUT2D eigenvalue weighted by Crippen LogP contribution is 2.27. The molecule has 6 nitrogen and oxygen atoms in total. The van der Waals surface area contributed by atoms with Crippen molar-refractivity contribution in [1.82, 2.24) is 14.8 Å². The van der Waals surface area contributed by atoms with Crippen molar-refractivity contribution in [3.63, 3.8) is 0 Å². The summed E-state index contributed by atoms with van der Waals surface area (Å²) in [5.41, 5.74) is 1.98. The van der Waals surface area contributed by atoms with Crippen LogP contribution in [0.3, 0.4) is 0 Å². The van der Waals surface area contributed by atoms with Gasteiger partial charge in [0.15, 0.2) is 5.16 Å². The van der Waals surface area contributed by atoms with E-state index < -0.39 is 0 Å². The summed E-state index contributed by atoms with van der Waals surface area (Å²) in [7, 11) is 0. The molecular formula is C17H16N4O2S. The summed E-state index contributed by atoms with van der Waals surface area (Å²) < 4.78 is 2.02. The van der Waals surface area contributed by atoms with Gasteiger partial charge in [0.1, 0.15) is 5.82 Å². The fourth-order valence-corrected chi connectivity index (χ4v) is 3.35. The van der Waals surface area contributed by atoms with Crippen molar-refractivity contribution in [2.75, 3.05) is 0 Å². The van der Waals surface area contributed by atoms with Crippen LogP contribution in [0.25, 0.3) is 0 Å². The van der Waals surface area contributed by atoms with Gasteiger partial charge in [0.2, 0.25) is 0 Å². The Hall–Kier alpha value is -2.67. The maximum absolute atomic E-state index is 11.1. The van der Waals surface area contributed by atoms with Gasteiger partial charge >= 0.3 is 0 Å². The van der Waals surface area contributed by atoms with E-state index in [0.717, 1.165) is 16.5 Å². The predicted molar refractivity (Wildman–Crippen MR) is 93.0 cm³/mol. The Morgan fingerprint density at radius 3 is 2.54 bits per heavy atom. The first kappa shape index (κ1) is 16.2. The van der Waals surface area contributed by atoms with Crippen LogP contribution in [0.15, 0.2) is 59.8 Å². The Balaban J connectivity index is 1.78. The van der Waals surface area contributed by atoms with E-state index in [1.807, 2.05) is 35.8 Å². The van der Waals surface area contributed by atoms with E-state index in [4.69, 9.17) is 0 Å². The average Bonchev–Trinajstić information content (AvgIpc) is 2.94. The van der Waals surface area contributed by atoms with Crippen molar-refractivity contribution in [2.45, 2.75) is 24.4 Å². The fourth-order valence-electron chi connectivity index (χ4n) is 2.37. The number of nitro groups is 1. The molecule has 0 aliphatic carbocycles. The second kappa shape index (κ2) is 7.27. The molecule has 1 heterocycles. The van der Waals surface area contributed by atoms with Crippen LogP contribution in [0.1, 0.15) is 17.0 Å². The lowest BCUT2D eigenvalue weighted by Gasteiger charge is -2.08. The molecule has 0 bridgehead atoms. The highest BCUT2D eigenvalue weighted by molar-refractivity contribution is 7.98. The van der Waals surface area contributed by atoms with E-state index in [1.165, 1.54) is 17.8 Å². The Morgan fingerprint density at radius 1 is 1.08 bits per heavy atom. The molecule has 24 heavy (non-hydrogen) atoms. The van der Waals surface area contributed by atoms with Gasteiger partial charge in [0, 0.05) is 17.4 Å². The zero-order valence-corrected chi connectivity index (χ0v) is 13.9. The molecule has 2 aromatic carbocycles. The number of aryl methyl sites for hydroxylation is 1. The summed E-state index contributed by atoms with van der Waals surface area (Å²) in [4.78, 5) is 10.8. The quantitative estimate of drug-likeness (QED) is 0.387. The van der Waals surface area contributed by atoms with E-state index >= 15 is 0 Å². The number of rotatable bonds is 6. The number of para-hydroxylation sites is 1. The molecule has 0 fully saturated rings. The molecule has 0 aliphatic heterocycles. The normalized spacial score (nSPS) is 10.7. The molecule has 3 rings (SSSR count). The van der Waals surface area contributed by atoms with Gasteiger partial charge in [-0.1, -0.05) is 60.3 Å². The second-order valence-electron chi connectivity index (χ2n) is 5.28. The van der Waals surface area contributed by atoms with Crippen molar-refractivity contribution in [3.8, 4) is 0 Å². The van der Waals surface area contributed by atoms with E-state index in [-0.39, 0.29) is 10.6 Å². The second-order valence-corrected chi connectivity index (χ2v) is 6.22. The van der Waals surface area contributed by atoms with Crippen LogP contribution >= 0.6 is 11.8 Å². The first-order valence-corrected chi connectivity index (χ1v) is 8.42. The predicted octanol–water partition coefficient (Wildman–Crippen LogP) is 3.84. The van der Waals surface area contributed by atoms with Crippen LogP contribution in [0.5, 0.6) is 0 Å². The van der Waals surface area contributed by atoms with Gasteiger partial charge in [-0.2, -0.15) is 0 Å². The third-order valence-corrected chi connectivity index (χ3v) is 4.65. The highest BCUT2D eigenvalue weighted by Gasteiger charge is 2.15. The van der Waals surface area contributed by atoms with E-state index in [9.17, 15) is 10.1 Å². The monoisotopic (exact) mass is 340 g/mol. The van der Waals surface area contributed by atoms with Crippen molar-refractivity contribution in [3.05, 3.63) is 81.7 Å². The van der Waals surface area contributed by atoms with Crippen LogP contribution < -0.4 is 0 Å². The van der Waals surface area contributed by atoms with Crippen molar-refractivity contribution < 1.29 is 4.92 Å². The zero-order valence-electron chi connectivity index (χ0n) is 13.1. The van der Waals surface area contributed by atoms with E-state index in [1.54, 1.807) is 12.1 Å². The molecule has 3 aromatic rings. The highest BCUT2D eigenvalue weighted by atomic mass is 32.2. The minimum absolute atomic E-state index is 0.135. The Kier molecular flexibility index (Phi) is 4.90. The number of nitro benzene ring substituents is 1. The van der Waals surface area contributed by atoms with Crippen molar-refractivity contribution in [2.24, 2.45) is 0 Å². The van der Waals surface area contributed by atoms with Crippen LogP contribution in [-0.4, -0.2) is 19.7 Å². The third-order valence-electron chi connectivity index (χ3n) is 3.63. The summed E-state index contributed by atoms with van der Waals surface area (Å²) in [5.74, 6) is 1.30. The summed E-state index contributed by atoms with van der Waals surface area (Å²) in [5, 5.41) is 20.2. The van der Waals surface area contributed by atoms with Gasteiger partial charge in [-0.05, 0) is 12.5 Å². The molecule has 0 saturated heterocycles. The van der Waals surface area contributed by atoms with Crippen LogP contribution in [0.2, 0.25) is 0 Å². The summed E-state index contributed by atoms with van der Waals surface area (Å²) in [6, 6.07) is 16.9. The molecule has 0 N–H and O–H groups in total. The average molecular weight is 340 g/mol. The Morgan fingerprint density at radius 2 is 1.79 bits per heavy atom. The van der Waals surface area contributed by atoms with Crippen molar-refractivity contribution >= 4 is 17.4 Å². The minimum Gasteiger partial charge on any atom is -0.302 e. The van der Waals surface area contributed by atoms with Gasteiger partial charge in [-0.25, -0.2) is 0 Å². The molecule has 0 atom stereocenters. The number of nitrogens with zero attached hydrogens (tertiary/aromatic N) is 4. The molecule has 0 aliphatic rings. The molecule has 1 aromatic heterocycles. The maximum Gasteiger partial charge on any atom is 0.273 e. The summed E-state index contributed by atoms with van der Waals surface area (Å²) in [6.07, 6.45) is 0. The minimum atomic E-state index is -0.351. The summed E-state index contributed by atoms with van der Waals surface area (Å²) >= 11 is 1.46.